The van der Waals surface area contributed by atoms with E-state index in [0.29, 0.717) is 26.1 Å². The molecule has 5 heteroatoms. The van der Waals surface area contributed by atoms with Crippen molar-refractivity contribution < 1.29 is 13.9 Å². The summed E-state index contributed by atoms with van der Waals surface area (Å²) in [7, 11) is 0. The SMILES string of the molecule is NCCOCC(=O)NCCc1cccc(F)c1. The second-order valence-electron chi connectivity index (χ2n) is 3.57. The summed E-state index contributed by atoms with van der Waals surface area (Å²) in [6, 6.07) is 6.32. The summed E-state index contributed by atoms with van der Waals surface area (Å²) >= 11 is 0. The van der Waals surface area contributed by atoms with Crippen LogP contribution in [0.4, 0.5) is 4.39 Å². The predicted molar refractivity (Wildman–Crippen MR) is 63.0 cm³/mol. The molecular weight excluding hydrogens is 223 g/mol. The van der Waals surface area contributed by atoms with E-state index in [9.17, 15) is 9.18 Å². The predicted octanol–water partition coefficient (Wildman–Crippen LogP) is 0.460. The molecule has 17 heavy (non-hydrogen) atoms. The molecule has 0 heterocycles. The molecule has 0 fully saturated rings. The lowest BCUT2D eigenvalue weighted by atomic mass is 10.1. The van der Waals surface area contributed by atoms with Crippen molar-refractivity contribution in [1.82, 2.24) is 5.32 Å². The van der Waals surface area contributed by atoms with E-state index in [1.807, 2.05) is 6.07 Å². The number of amides is 1. The van der Waals surface area contributed by atoms with E-state index >= 15 is 0 Å². The first-order valence-electron chi connectivity index (χ1n) is 5.51. The van der Waals surface area contributed by atoms with Gasteiger partial charge in [0.15, 0.2) is 0 Å². The van der Waals surface area contributed by atoms with Crippen molar-refractivity contribution in [2.75, 3.05) is 26.3 Å². The second kappa shape index (κ2) is 7.76. The minimum Gasteiger partial charge on any atom is -0.370 e. The van der Waals surface area contributed by atoms with Gasteiger partial charge >= 0.3 is 0 Å². The first-order chi connectivity index (χ1) is 8.22. The van der Waals surface area contributed by atoms with Crippen LogP contribution < -0.4 is 11.1 Å². The summed E-state index contributed by atoms with van der Waals surface area (Å²) in [6.45, 7) is 1.25. The lowest BCUT2D eigenvalue weighted by Crippen LogP contribution is -2.30. The Balaban J connectivity index is 2.17. The Morgan fingerprint density at radius 3 is 3.00 bits per heavy atom. The topological polar surface area (TPSA) is 64.3 Å². The molecule has 0 unspecified atom stereocenters. The molecule has 1 aromatic carbocycles. The van der Waals surface area contributed by atoms with E-state index in [1.165, 1.54) is 12.1 Å². The van der Waals surface area contributed by atoms with Gasteiger partial charge in [0.2, 0.25) is 5.91 Å². The van der Waals surface area contributed by atoms with Crippen LogP contribution in [0.5, 0.6) is 0 Å². The molecule has 0 spiro atoms. The molecule has 0 aromatic heterocycles. The van der Waals surface area contributed by atoms with Crippen LogP contribution >= 0.6 is 0 Å². The molecule has 3 N–H and O–H groups in total. The third-order valence-electron chi connectivity index (χ3n) is 2.12. The van der Waals surface area contributed by atoms with Gasteiger partial charge in [-0.25, -0.2) is 4.39 Å². The summed E-state index contributed by atoms with van der Waals surface area (Å²) in [5.74, 6) is -0.449. The fraction of sp³-hybridized carbons (Fsp3) is 0.417. The number of rotatable bonds is 7. The molecule has 0 saturated carbocycles. The number of benzene rings is 1. The molecule has 1 rings (SSSR count). The van der Waals surface area contributed by atoms with Crippen molar-refractivity contribution in [3.8, 4) is 0 Å². The highest BCUT2D eigenvalue weighted by atomic mass is 19.1. The van der Waals surface area contributed by atoms with Crippen LogP contribution in [0.2, 0.25) is 0 Å². The summed E-state index contributed by atoms with van der Waals surface area (Å²) in [5, 5.41) is 2.68. The Labute approximate surface area is 100.0 Å². The van der Waals surface area contributed by atoms with E-state index in [-0.39, 0.29) is 18.3 Å². The number of carbonyl (C=O) groups is 1. The Morgan fingerprint density at radius 1 is 1.47 bits per heavy atom. The molecular formula is C12H17FN2O2. The first kappa shape index (κ1) is 13.6. The maximum absolute atomic E-state index is 12.8. The molecule has 0 aliphatic rings. The highest BCUT2D eigenvalue weighted by Gasteiger charge is 2.01. The van der Waals surface area contributed by atoms with Crippen molar-refractivity contribution in [2.45, 2.75) is 6.42 Å². The van der Waals surface area contributed by atoms with Gasteiger partial charge in [-0.1, -0.05) is 12.1 Å². The fourth-order valence-corrected chi connectivity index (χ4v) is 1.34. The van der Waals surface area contributed by atoms with E-state index in [2.05, 4.69) is 5.32 Å². The smallest absolute Gasteiger partial charge is 0.246 e. The standard InChI is InChI=1S/C12H17FN2O2/c13-11-3-1-2-10(8-11)4-6-15-12(16)9-17-7-5-14/h1-3,8H,4-7,9,14H2,(H,15,16). The van der Waals surface area contributed by atoms with Crippen LogP contribution in [0.15, 0.2) is 24.3 Å². The van der Waals surface area contributed by atoms with Crippen LogP contribution in [0, 0.1) is 5.82 Å². The average Bonchev–Trinajstić information content (AvgIpc) is 2.29. The minimum absolute atomic E-state index is 0.0142. The zero-order valence-corrected chi connectivity index (χ0v) is 9.62. The zero-order valence-electron chi connectivity index (χ0n) is 9.62. The van der Waals surface area contributed by atoms with E-state index in [1.54, 1.807) is 6.07 Å². The molecule has 1 aromatic rings. The number of nitrogens with two attached hydrogens (primary N) is 1. The number of nitrogens with one attached hydrogen (secondary N) is 1. The zero-order chi connectivity index (χ0) is 12.5. The Bertz CT molecular complexity index is 358. The Kier molecular flexibility index (Phi) is 6.21. The summed E-state index contributed by atoms with van der Waals surface area (Å²) in [4.78, 5) is 11.2. The molecule has 0 bridgehead atoms. The average molecular weight is 240 g/mol. The van der Waals surface area contributed by atoms with Gasteiger partial charge in [-0.2, -0.15) is 0 Å². The van der Waals surface area contributed by atoms with Crippen LogP contribution in [0.25, 0.3) is 0 Å². The van der Waals surface area contributed by atoms with Gasteiger partial charge in [0.25, 0.3) is 0 Å². The lowest BCUT2D eigenvalue weighted by Gasteiger charge is -2.05. The normalized spacial score (nSPS) is 10.2. The third kappa shape index (κ3) is 5.99. The highest BCUT2D eigenvalue weighted by molar-refractivity contribution is 5.77. The molecule has 0 radical (unpaired) electrons. The van der Waals surface area contributed by atoms with Crippen LogP contribution in [0.1, 0.15) is 5.56 Å². The molecule has 0 aliphatic carbocycles. The van der Waals surface area contributed by atoms with Crippen LogP contribution in [-0.2, 0) is 16.0 Å². The van der Waals surface area contributed by atoms with Gasteiger partial charge in [0, 0.05) is 13.1 Å². The molecule has 94 valence electrons. The number of hydrogen-bond donors (Lipinski definition) is 2. The van der Waals surface area contributed by atoms with Gasteiger partial charge in [-0.15, -0.1) is 0 Å². The van der Waals surface area contributed by atoms with E-state index < -0.39 is 0 Å². The van der Waals surface area contributed by atoms with Crippen molar-refractivity contribution in [1.29, 1.82) is 0 Å². The second-order valence-corrected chi connectivity index (χ2v) is 3.57. The first-order valence-corrected chi connectivity index (χ1v) is 5.51. The van der Waals surface area contributed by atoms with Crippen molar-refractivity contribution in [3.05, 3.63) is 35.6 Å². The molecule has 0 aliphatic heterocycles. The lowest BCUT2D eigenvalue weighted by molar-refractivity contribution is -0.125. The van der Waals surface area contributed by atoms with Gasteiger partial charge in [-0.05, 0) is 24.1 Å². The van der Waals surface area contributed by atoms with Gasteiger partial charge in [0.05, 0.1) is 6.61 Å². The molecule has 0 atom stereocenters. The molecule has 4 nitrogen and oxygen atoms in total. The Hall–Kier alpha value is -1.46. The van der Waals surface area contributed by atoms with Gasteiger partial charge < -0.3 is 15.8 Å². The fourth-order valence-electron chi connectivity index (χ4n) is 1.34. The monoisotopic (exact) mass is 240 g/mol. The van der Waals surface area contributed by atoms with Crippen molar-refractivity contribution in [3.63, 3.8) is 0 Å². The highest BCUT2D eigenvalue weighted by Crippen LogP contribution is 2.03. The third-order valence-corrected chi connectivity index (χ3v) is 2.12. The van der Waals surface area contributed by atoms with Crippen LogP contribution in [-0.4, -0.2) is 32.2 Å². The number of halogens is 1. The van der Waals surface area contributed by atoms with Crippen molar-refractivity contribution >= 4 is 5.91 Å². The van der Waals surface area contributed by atoms with Gasteiger partial charge in [-0.3, -0.25) is 4.79 Å². The van der Waals surface area contributed by atoms with E-state index in [4.69, 9.17) is 10.5 Å². The Morgan fingerprint density at radius 2 is 2.29 bits per heavy atom. The summed E-state index contributed by atoms with van der Waals surface area (Å²) < 4.78 is 17.8. The summed E-state index contributed by atoms with van der Waals surface area (Å²) in [6.07, 6.45) is 0.598. The summed E-state index contributed by atoms with van der Waals surface area (Å²) in [5.41, 5.74) is 6.07. The quantitative estimate of drug-likeness (QED) is 0.680. The molecule has 0 saturated heterocycles. The largest absolute Gasteiger partial charge is 0.370 e. The van der Waals surface area contributed by atoms with Crippen molar-refractivity contribution in [2.24, 2.45) is 5.73 Å². The van der Waals surface area contributed by atoms with Gasteiger partial charge in [0.1, 0.15) is 12.4 Å². The maximum atomic E-state index is 12.8. The number of carbonyl (C=O) groups excluding carboxylic acids is 1. The van der Waals surface area contributed by atoms with Crippen LogP contribution in [0.3, 0.4) is 0 Å². The molecule has 1 amide bonds. The number of hydrogen-bond acceptors (Lipinski definition) is 3. The van der Waals surface area contributed by atoms with E-state index in [0.717, 1.165) is 5.56 Å². The minimum atomic E-state index is -0.264. The maximum Gasteiger partial charge on any atom is 0.246 e. The number of ether oxygens (including phenoxy) is 1.